The Labute approximate surface area is 84.5 Å². The van der Waals surface area contributed by atoms with Gasteiger partial charge in [-0.15, -0.1) is 0 Å². The Balaban J connectivity index is 2.45. The zero-order chi connectivity index (χ0) is 10.7. The second-order valence-electron chi connectivity index (χ2n) is 4.13. The Morgan fingerprint density at radius 2 is 1.86 bits per heavy atom. The lowest BCUT2D eigenvalue weighted by molar-refractivity contribution is -0.143. The van der Waals surface area contributed by atoms with E-state index in [2.05, 4.69) is 4.90 Å². The normalized spacial score (nSPS) is 24.5. The molecule has 1 saturated heterocycles. The van der Waals surface area contributed by atoms with Gasteiger partial charge in [0.15, 0.2) is 0 Å². The highest BCUT2D eigenvalue weighted by Gasteiger charge is 2.27. The summed E-state index contributed by atoms with van der Waals surface area (Å²) in [5, 5.41) is 18.2. The van der Waals surface area contributed by atoms with Gasteiger partial charge in [0, 0.05) is 19.1 Å². The minimum atomic E-state index is -0.747. The van der Waals surface area contributed by atoms with Gasteiger partial charge in [-0.25, -0.2) is 0 Å². The lowest BCUT2D eigenvalue weighted by atomic mass is 9.98. The maximum atomic E-state index is 10.8. The Kier molecular flexibility index (Phi) is 3.89. The van der Waals surface area contributed by atoms with Crippen LogP contribution >= 0.6 is 0 Å². The van der Waals surface area contributed by atoms with Gasteiger partial charge in [0.1, 0.15) is 0 Å². The van der Waals surface area contributed by atoms with Crippen molar-refractivity contribution < 1.29 is 15.0 Å². The van der Waals surface area contributed by atoms with Crippen molar-refractivity contribution >= 4 is 5.97 Å². The van der Waals surface area contributed by atoms with Crippen molar-refractivity contribution in [1.82, 2.24) is 4.90 Å². The standard InChI is InChI=1S/C10H19NO3/c1-7(10(13)14)8(2)11-5-3-9(12)4-6-11/h7-9,12H,3-6H2,1-2H3,(H,13,14). The molecule has 4 heteroatoms. The minimum absolute atomic E-state index is 0.0556. The topological polar surface area (TPSA) is 60.8 Å². The molecule has 0 saturated carbocycles. The van der Waals surface area contributed by atoms with Gasteiger partial charge in [0.05, 0.1) is 12.0 Å². The average Bonchev–Trinajstić information content (AvgIpc) is 2.16. The van der Waals surface area contributed by atoms with E-state index in [1.165, 1.54) is 0 Å². The number of carboxylic acids is 1. The van der Waals surface area contributed by atoms with Crippen LogP contribution in [0.3, 0.4) is 0 Å². The number of nitrogens with zero attached hydrogens (tertiary/aromatic N) is 1. The molecule has 2 N–H and O–H groups in total. The van der Waals surface area contributed by atoms with E-state index in [1.54, 1.807) is 6.92 Å². The SMILES string of the molecule is CC(C(=O)O)C(C)N1CCC(O)CC1. The van der Waals surface area contributed by atoms with Gasteiger partial charge < -0.3 is 10.2 Å². The van der Waals surface area contributed by atoms with Crippen molar-refractivity contribution in [1.29, 1.82) is 0 Å². The molecule has 0 bridgehead atoms. The molecule has 1 rings (SSSR count). The van der Waals surface area contributed by atoms with E-state index in [9.17, 15) is 9.90 Å². The van der Waals surface area contributed by atoms with Crippen molar-refractivity contribution in [3.63, 3.8) is 0 Å². The van der Waals surface area contributed by atoms with Gasteiger partial charge >= 0.3 is 5.97 Å². The molecule has 82 valence electrons. The largest absolute Gasteiger partial charge is 0.481 e. The molecule has 0 radical (unpaired) electrons. The first-order valence-electron chi connectivity index (χ1n) is 5.17. The number of aliphatic hydroxyl groups excluding tert-OH is 1. The molecule has 0 aromatic carbocycles. The third-order valence-electron chi connectivity index (χ3n) is 3.19. The fourth-order valence-electron chi connectivity index (χ4n) is 1.82. The number of likely N-dealkylation sites (tertiary alicyclic amines) is 1. The summed E-state index contributed by atoms with van der Waals surface area (Å²) < 4.78 is 0. The van der Waals surface area contributed by atoms with Crippen LogP contribution in [0.1, 0.15) is 26.7 Å². The van der Waals surface area contributed by atoms with E-state index in [1.807, 2.05) is 6.92 Å². The monoisotopic (exact) mass is 201 g/mol. The zero-order valence-corrected chi connectivity index (χ0v) is 8.81. The number of piperidine rings is 1. The number of hydrogen-bond donors (Lipinski definition) is 2. The molecule has 0 aromatic rings. The number of carbonyl (C=O) groups is 1. The Bertz CT molecular complexity index is 200. The zero-order valence-electron chi connectivity index (χ0n) is 8.81. The lowest BCUT2D eigenvalue weighted by Crippen LogP contribution is -2.45. The summed E-state index contributed by atoms with van der Waals surface area (Å²) in [6.07, 6.45) is 1.33. The predicted octanol–water partition coefficient (Wildman–Crippen LogP) is 0.552. The summed E-state index contributed by atoms with van der Waals surface area (Å²) >= 11 is 0. The van der Waals surface area contributed by atoms with E-state index >= 15 is 0 Å². The number of rotatable bonds is 3. The molecule has 14 heavy (non-hydrogen) atoms. The summed E-state index contributed by atoms with van der Waals surface area (Å²) in [5.41, 5.74) is 0. The first-order valence-corrected chi connectivity index (χ1v) is 5.17. The van der Waals surface area contributed by atoms with Crippen molar-refractivity contribution in [3.8, 4) is 0 Å². The maximum absolute atomic E-state index is 10.8. The van der Waals surface area contributed by atoms with Crippen molar-refractivity contribution in [3.05, 3.63) is 0 Å². The molecule has 0 aliphatic carbocycles. The third kappa shape index (κ3) is 2.69. The van der Waals surface area contributed by atoms with Crippen LogP contribution in [0.25, 0.3) is 0 Å². The van der Waals surface area contributed by atoms with Crippen LogP contribution < -0.4 is 0 Å². The molecular formula is C10H19NO3. The van der Waals surface area contributed by atoms with Gasteiger partial charge in [-0.3, -0.25) is 9.69 Å². The van der Waals surface area contributed by atoms with Crippen molar-refractivity contribution in [2.24, 2.45) is 5.92 Å². The molecule has 1 fully saturated rings. The maximum Gasteiger partial charge on any atom is 0.307 e. The number of aliphatic carboxylic acids is 1. The summed E-state index contributed by atoms with van der Waals surface area (Å²) in [4.78, 5) is 12.9. The van der Waals surface area contributed by atoms with E-state index < -0.39 is 5.97 Å². The molecular weight excluding hydrogens is 182 g/mol. The van der Waals surface area contributed by atoms with Crippen LogP contribution in [0.5, 0.6) is 0 Å². The van der Waals surface area contributed by atoms with E-state index in [-0.39, 0.29) is 18.1 Å². The summed E-state index contributed by atoms with van der Waals surface area (Å²) in [5.74, 6) is -1.09. The summed E-state index contributed by atoms with van der Waals surface area (Å²) in [6.45, 7) is 5.29. The quantitative estimate of drug-likeness (QED) is 0.700. The van der Waals surface area contributed by atoms with Crippen LogP contribution in [0.15, 0.2) is 0 Å². The highest BCUT2D eigenvalue weighted by Crippen LogP contribution is 2.17. The second kappa shape index (κ2) is 4.75. The van der Waals surface area contributed by atoms with Gasteiger partial charge in [0.25, 0.3) is 0 Å². The molecule has 1 heterocycles. The average molecular weight is 201 g/mol. The third-order valence-corrected chi connectivity index (χ3v) is 3.19. The van der Waals surface area contributed by atoms with Crippen LogP contribution in [0, 0.1) is 5.92 Å². The van der Waals surface area contributed by atoms with Crippen LogP contribution in [-0.4, -0.2) is 46.3 Å². The molecule has 0 aromatic heterocycles. The first-order chi connectivity index (χ1) is 6.52. The van der Waals surface area contributed by atoms with Gasteiger partial charge in [-0.05, 0) is 19.8 Å². The van der Waals surface area contributed by atoms with Gasteiger partial charge in [-0.1, -0.05) is 6.92 Å². The fourth-order valence-corrected chi connectivity index (χ4v) is 1.82. The molecule has 2 atom stereocenters. The molecule has 0 spiro atoms. The summed E-state index contributed by atoms with van der Waals surface area (Å²) in [6, 6.07) is 0.0556. The van der Waals surface area contributed by atoms with E-state index in [4.69, 9.17) is 5.11 Å². The van der Waals surface area contributed by atoms with Crippen LogP contribution in [0.2, 0.25) is 0 Å². The van der Waals surface area contributed by atoms with E-state index in [0.717, 1.165) is 25.9 Å². The number of carboxylic acid groups (broad SMARTS) is 1. The number of hydrogen-bond acceptors (Lipinski definition) is 3. The Morgan fingerprint density at radius 3 is 2.29 bits per heavy atom. The molecule has 1 aliphatic heterocycles. The first kappa shape index (κ1) is 11.5. The second-order valence-corrected chi connectivity index (χ2v) is 4.13. The summed E-state index contributed by atoms with van der Waals surface area (Å²) in [7, 11) is 0. The van der Waals surface area contributed by atoms with Crippen LogP contribution in [0.4, 0.5) is 0 Å². The minimum Gasteiger partial charge on any atom is -0.481 e. The van der Waals surface area contributed by atoms with Crippen LogP contribution in [-0.2, 0) is 4.79 Å². The Hall–Kier alpha value is -0.610. The predicted molar refractivity (Wildman–Crippen MR) is 53.1 cm³/mol. The Morgan fingerprint density at radius 1 is 1.36 bits per heavy atom. The van der Waals surface area contributed by atoms with Gasteiger partial charge in [0.2, 0.25) is 0 Å². The molecule has 0 amide bonds. The van der Waals surface area contributed by atoms with E-state index in [0.29, 0.717) is 0 Å². The molecule has 2 unspecified atom stereocenters. The smallest absolute Gasteiger partial charge is 0.307 e. The fraction of sp³-hybridized carbons (Fsp3) is 0.900. The lowest BCUT2D eigenvalue weighted by Gasteiger charge is -2.36. The molecule has 4 nitrogen and oxygen atoms in total. The molecule has 1 aliphatic rings. The number of aliphatic hydroxyl groups is 1. The highest BCUT2D eigenvalue weighted by molar-refractivity contribution is 5.70. The highest BCUT2D eigenvalue weighted by atomic mass is 16.4. The van der Waals surface area contributed by atoms with Crippen molar-refractivity contribution in [2.45, 2.75) is 38.8 Å². The van der Waals surface area contributed by atoms with Crippen molar-refractivity contribution in [2.75, 3.05) is 13.1 Å². The van der Waals surface area contributed by atoms with Gasteiger partial charge in [-0.2, -0.15) is 0 Å².